The predicted molar refractivity (Wildman–Crippen MR) is 25.2 cm³/mol. The van der Waals surface area contributed by atoms with E-state index in [0.717, 1.165) is 0 Å². The van der Waals surface area contributed by atoms with E-state index in [1.54, 1.807) is 0 Å². The molecule has 0 aromatic heterocycles. The van der Waals surface area contributed by atoms with Gasteiger partial charge in [0.05, 0.1) is 0 Å². The zero-order valence-electron chi connectivity index (χ0n) is 2.12. The first kappa shape index (κ1) is 4.22. The Hall–Kier alpha value is 0.217. The second-order valence-corrected chi connectivity index (χ2v) is 1.06. The smallest absolute Gasteiger partial charge is 0.0149 e. The Balaban J connectivity index is 0.0000000900. The van der Waals surface area contributed by atoms with Crippen LogP contribution in [-0.2, 0) is 0 Å². The molecule has 0 amide bonds. The highest BCUT2D eigenvalue weighted by Crippen LogP contribution is 2.14. The summed E-state index contributed by atoms with van der Waals surface area (Å²) >= 11 is 0. The van der Waals surface area contributed by atoms with E-state index in [-0.39, 0.29) is 11.0 Å². The molecule has 0 atom stereocenters. The first-order valence-electron chi connectivity index (χ1n) is 1.50. The highest BCUT2D eigenvalue weighted by atomic mass is 28.1. The van der Waals surface area contributed by atoms with E-state index in [4.69, 9.17) is 0 Å². The molecule has 0 heterocycles. The third-order valence-electron chi connectivity index (χ3n) is 0.354. The van der Waals surface area contributed by atoms with Gasteiger partial charge in [-0.25, -0.2) is 0 Å². The van der Waals surface area contributed by atoms with Gasteiger partial charge >= 0.3 is 0 Å². The highest BCUT2D eigenvalue weighted by molar-refractivity contribution is 5.75. The summed E-state index contributed by atoms with van der Waals surface area (Å²) in [4.78, 5) is 0. The maximum atomic E-state index is 1.50. The third kappa shape index (κ3) is 2.22. The van der Waals surface area contributed by atoms with Crippen molar-refractivity contribution in [1.29, 1.82) is 0 Å². The van der Waals surface area contributed by atoms with Gasteiger partial charge in [-0.15, -0.1) is 0 Å². The zero-order chi connectivity index (χ0) is 2.12. The average Bonchev–Trinajstić information content (AvgIpc) is 1.46. The lowest BCUT2D eigenvalue weighted by Gasteiger charge is -1.05. The molecular weight excluding hydrogens is 64.1 g/mol. The molecular formula is C3H10Si. The lowest BCUT2D eigenvalue weighted by molar-refractivity contribution is 1.50. The third-order valence-corrected chi connectivity index (χ3v) is 0.354. The average molecular weight is 74.2 g/mol. The number of hydrogen-bond acceptors (Lipinski definition) is 0. The van der Waals surface area contributed by atoms with E-state index in [0.29, 0.717) is 0 Å². The Morgan fingerprint density at radius 2 is 1.00 bits per heavy atom. The van der Waals surface area contributed by atoms with Gasteiger partial charge in [-0.2, -0.15) is 0 Å². The van der Waals surface area contributed by atoms with Crippen LogP contribution in [0.25, 0.3) is 0 Å². The van der Waals surface area contributed by atoms with Crippen LogP contribution in [-0.4, -0.2) is 11.0 Å². The van der Waals surface area contributed by atoms with Crippen LogP contribution in [0.1, 0.15) is 19.3 Å². The minimum atomic E-state index is 0. The molecule has 0 aromatic rings. The van der Waals surface area contributed by atoms with E-state index in [1.807, 2.05) is 0 Å². The SMILES string of the molecule is C1CC1.[SiH4]. The minimum Gasteiger partial charge on any atom is -0.0533 e. The molecule has 0 spiro atoms. The molecule has 1 fully saturated rings. The van der Waals surface area contributed by atoms with Gasteiger partial charge in [0.2, 0.25) is 0 Å². The van der Waals surface area contributed by atoms with Crippen molar-refractivity contribution in [2.45, 2.75) is 19.3 Å². The van der Waals surface area contributed by atoms with Crippen molar-refractivity contribution < 1.29 is 0 Å². The Morgan fingerprint density at radius 1 is 0.750 bits per heavy atom. The van der Waals surface area contributed by atoms with Crippen LogP contribution >= 0.6 is 0 Å². The fraction of sp³-hybridized carbons (Fsp3) is 1.00. The van der Waals surface area contributed by atoms with Gasteiger partial charge in [0.1, 0.15) is 0 Å². The molecule has 0 saturated heterocycles. The summed E-state index contributed by atoms with van der Waals surface area (Å²) in [6.45, 7) is 0. The number of rotatable bonds is 0. The molecule has 4 heavy (non-hydrogen) atoms. The van der Waals surface area contributed by atoms with Crippen molar-refractivity contribution >= 4 is 11.0 Å². The van der Waals surface area contributed by atoms with Crippen LogP contribution in [0.15, 0.2) is 0 Å². The number of hydrogen-bond donors (Lipinski definition) is 0. The molecule has 1 rings (SSSR count). The molecule has 1 aliphatic rings. The molecule has 1 heteroatoms. The van der Waals surface area contributed by atoms with Crippen molar-refractivity contribution in [3.05, 3.63) is 0 Å². The van der Waals surface area contributed by atoms with Crippen LogP contribution in [0.5, 0.6) is 0 Å². The summed E-state index contributed by atoms with van der Waals surface area (Å²) < 4.78 is 0. The maximum Gasteiger partial charge on any atom is -0.0149 e. The van der Waals surface area contributed by atoms with Gasteiger partial charge in [0.15, 0.2) is 0 Å². The van der Waals surface area contributed by atoms with E-state index in [9.17, 15) is 0 Å². The van der Waals surface area contributed by atoms with E-state index >= 15 is 0 Å². The standard InChI is InChI=1S/C3H6.H4Si/c1-2-3-1;/h1-3H2;1H4. The normalized spacial score (nSPS) is 18.0. The fourth-order valence-corrected chi connectivity index (χ4v) is 0. The van der Waals surface area contributed by atoms with Gasteiger partial charge < -0.3 is 0 Å². The Kier molecular flexibility index (Phi) is 1.61. The summed E-state index contributed by atoms with van der Waals surface area (Å²) in [5.41, 5.74) is 0. The van der Waals surface area contributed by atoms with Crippen LogP contribution in [0.4, 0.5) is 0 Å². The van der Waals surface area contributed by atoms with Gasteiger partial charge in [-0.3, -0.25) is 0 Å². The van der Waals surface area contributed by atoms with Gasteiger partial charge in [0, 0.05) is 0 Å². The first-order valence-corrected chi connectivity index (χ1v) is 1.50. The van der Waals surface area contributed by atoms with Crippen LogP contribution in [0.3, 0.4) is 0 Å². The second kappa shape index (κ2) is 1.53. The molecule has 0 radical (unpaired) electrons. The van der Waals surface area contributed by atoms with Crippen molar-refractivity contribution in [3.8, 4) is 0 Å². The molecule has 1 aliphatic carbocycles. The Labute approximate surface area is 31.2 Å². The quantitative estimate of drug-likeness (QED) is 0.347. The van der Waals surface area contributed by atoms with Crippen LogP contribution in [0, 0.1) is 0 Å². The summed E-state index contributed by atoms with van der Waals surface area (Å²) in [6, 6.07) is 0. The largest absolute Gasteiger partial charge is 0.0533 e. The van der Waals surface area contributed by atoms with Gasteiger partial charge in [0.25, 0.3) is 0 Å². The summed E-state index contributed by atoms with van der Waals surface area (Å²) in [7, 11) is 0. The van der Waals surface area contributed by atoms with Crippen molar-refractivity contribution in [2.24, 2.45) is 0 Å². The van der Waals surface area contributed by atoms with Crippen molar-refractivity contribution in [2.75, 3.05) is 0 Å². The summed E-state index contributed by atoms with van der Waals surface area (Å²) in [5, 5.41) is 0. The van der Waals surface area contributed by atoms with Crippen LogP contribution < -0.4 is 0 Å². The lowest BCUT2D eigenvalue weighted by Crippen LogP contribution is -0.856. The topological polar surface area (TPSA) is 0 Å². The second-order valence-electron chi connectivity index (χ2n) is 1.06. The zero-order valence-corrected chi connectivity index (χ0v) is 2.12. The monoisotopic (exact) mass is 74.1 g/mol. The lowest BCUT2D eigenvalue weighted by atomic mass is 11.0. The molecule has 1 saturated carbocycles. The molecule has 0 aromatic carbocycles. The Morgan fingerprint density at radius 3 is 1.00 bits per heavy atom. The summed E-state index contributed by atoms with van der Waals surface area (Å²) in [6.07, 6.45) is 4.50. The predicted octanol–water partition coefficient (Wildman–Crippen LogP) is -0.281. The van der Waals surface area contributed by atoms with Crippen molar-refractivity contribution in [3.63, 3.8) is 0 Å². The van der Waals surface area contributed by atoms with E-state index in [2.05, 4.69) is 0 Å². The Bertz CT molecular complexity index is 8.00. The maximum absolute atomic E-state index is 1.50. The van der Waals surface area contributed by atoms with E-state index in [1.165, 1.54) is 19.3 Å². The van der Waals surface area contributed by atoms with Gasteiger partial charge in [-0.05, 0) is 11.0 Å². The van der Waals surface area contributed by atoms with E-state index < -0.39 is 0 Å². The van der Waals surface area contributed by atoms with Crippen LogP contribution in [0.2, 0.25) is 0 Å². The molecule has 0 bridgehead atoms. The molecule has 0 aliphatic heterocycles. The van der Waals surface area contributed by atoms with Gasteiger partial charge in [-0.1, -0.05) is 19.3 Å². The first-order chi connectivity index (χ1) is 1.50. The van der Waals surface area contributed by atoms with Crippen molar-refractivity contribution in [1.82, 2.24) is 0 Å². The minimum absolute atomic E-state index is 0. The highest BCUT2D eigenvalue weighted by Gasteiger charge is 1.95. The fourth-order valence-electron chi connectivity index (χ4n) is 0. The molecule has 0 N–H and O–H groups in total. The molecule has 0 nitrogen and oxygen atoms in total. The molecule has 0 unspecified atom stereocenters. The summed E-state index contributed by atoms with van der Waals surface area (Å²) in [5.74, 6) is 0. The molecule has 26 valence electrons.